The first-order valence-electron chi connectivity index (χ1n) is 5.82. The highest BCUT2D eigenvalue weighted by atomic mass is 16.1. The predicted molar refractivity (Wildman–Crippen MR) is 64.5 cm³/mol. The number of aromatic nitrogens is 1. The first kappa shape index (κ1) is 9.64. The summed E-state index contributed by atoms with van der Waals surface area (Å²) in [7, 11) is 2.10. The molecule has 0 radical (unpaired) electrons. The van der Waals surface area contributed by atoms with E-state index in [2.05, 4.69) is 41.9 Å². The number of hydrogen-bond donors (Lipinski definition) is 0. The summed E-state index contributed by atoms with van der Waals surface area (Å²) < 4.78 is 2.23. The molecule has 0 bridgehead atoms. The number of carbonyl (C=O) groups is 1. The zero-order chi connectivity index (χ0) is 11.1. The Morgan fingerprint density at radius 2 is 2.12 bits per heavy atom. The van der Waals surface area contributed by atoms with Crippen molar-refractivity contribution in [2.45, 2.75) is 25.2 Å². The summed E-state index contributed by atoms with van der Waals surface area (Å²) in [6, 6.07) is 10.6. The Morgan fingerprint density at radius 1 is 1.31 bits per heavy atom. The summed E-state index contributed by atoms with van der Waals surface area (Å²) in [5, 5.41) is 1.28. The van der Waals surface area contributed by atoms with Crippen molar-refractivity contribution < 1.29 is 4.79 Å². The minimum Gasteiger partial charge on any atom is -0.347 e. The van der Waals surface area contributed by atoms with Crippen molar-refractivity contribution in [1.82, 2.24) is 4.57 Å². The van der Waals surface area contributed by atoms with Crippen LogP contribution in [0.2, 0.25) is 0 Å². The van der Waals surface area contributed by atoms with Crippen molar-refractivity contribution in [3.63, 3.8) is 0 Å². The molecule has 2 heteroatoms. The molecular weight excluding hydrogens is 198 g/mol. The molecule has 1 atom stereocenters. The van der Waals surface area contributed by atoms with Crippen molar-refractivity contribution in [3.05, 3.63) is 36.0 Å². The van der Waals surface area contributed by atoms with Crippen LogP contribution in [0.4, 0.5) is 0 Å². The van der Waals surface area contributed by atoms with Crippen molar-refractivity contribution in [3.8, 4) is 0 Å². The second-order valence-electron chi connectivity index (χ2n) is 4.67. The number of aryl methyl sites for hydroxylation is 1. The number of nitrogens with zero attached hydrogens (tertiary/aromatic N) is 1. The third-order valence-corrected chi connectivity index (χ3v) is 3.65. The Hall–Kier alpha value is -1.57. The second kappa shape index (κ2) is 3.48. The average molecular weight is 213 g/mol. The maximum atomic E-state index is 11.3. The Balaban J connectivity index is 2.10. The molecule has 1 aliphatic carbocycles. The Bertz CT molecular complexity index is 553. The van der Waals surface area contributed by atoms with Gasteiger partial charge in [0, 0.05) is 37.0 Å². The Kier molecular flexibility index (Phi) is 2.10. The summed E-state index contributed by atoms with van der Waals surface area (Å²) in [5.41, 5.74) is 2.57. The molecule has 1 unspecified atom stereocenters. The molecule has 1 saturated carbocycles. The number of para-hydroxylation sites is 1. The lowest BCUT2D eigenvalue weighted by Gasteiger charge is -2.09. The van der Waals surface area contributed by atoms with Crippen LogP contribution in [-0.2, 0) is 11.8 Å². The van der Waals surface area contributed by atoms with Crippen LogP contribution in [0.1, 0.15) is 30.9 Å². The summed E-state index contributed by atoms with van der Waals surface area (Å²) >= 11 is 0. The van der Waals surface area contributed by atoms with Gasteiger partial charge in [0.05, 0.1) is 0 Å². The second-order valence-corrected chi connectivity index (χ2v) is 4.67. The van der Waals surface area contributed by atoms with Crippen LogP contribution in [0.15, 0.2) is 30.3 Å². The number of Topliss-reactive ketones (excluding diaryl/α,β-unsaturated/α-hetero) is 1. The lowest BCUT2D eigenvalue weighted by Crippen LogP contribution is -2.01. The van der Waals surface area contributed by atoms with Gasteiger partial charge in [-0.15, -0.1) is 0 Å². The van der Waals surface area contributed by atoms with E-state index in [1.165, 1.54) is 16.6 Å². The summed E-state index contributed by atoms with van der Waals surface area (Å²) in [6.45, 7) is 0. The normalized spacial score (nSPS) is 20.8. The highest BCUT2D eigenvalue weighted by molar-refractivity contribution is 5.84. The number of hydrogen-bond acceptors (Lipinski definition) is 1. The molecule has 1 fully saturated rings. The summed E-state index contributed by atoms with van der Waals surface area (Å²) in [5.74, 6) is 0.847. The molecule has 82 valence electrons. The SMILES string of the molecule is Cn1c(C2CCC(=O)C2)cc2ccccc21. The van der Waals surface area contributed by atoms with E-state index in [0.717, 1.165) is 19.3 Å². The van der Waals surface area contributed by atoms with Gasteiger partial charge in [0.1, 0.15) is 5.78 Å². The molecule has 1 aromatic carbocycles. The average Bonchev–Trinajstić information content (AvgIpc) is 2.84. The van der Waals surface area contributed by atoms with Crippen LogP contribution in [0.5, 0.6) is 0 Å². The number of fused-ring (bicyclic) bond motifs is 1. The minimum absolute atomic E-state index is 0.412. The van der Waals surface area contributed by atoms with Crippen molar-refractivity contribution >= 4 is 16.7 Å². The third-order valence-electron chi connectivity index (χ3n) is 3.65. The van der Waals surface area contributed by atoms with Gasteiger partial charge in [0.25, 0.3) is 0 Å². The molecule has 0 N–H and O–H groups in total. The molecule has 16 heavy (non-hydrogen) atoms. The van der Waals surface area contributed by atoms with Crippen molar-refractivity contribution in [2.24, 2.45) is 7.05 Å². The monoisotopic (exact) mass is 213 g/mol. The van der Waals surface area contributed by atoms with E-state index in [1.54, 1.807) is 0 Å². The van der Waals surface area contributed by atoms with Crippen LogP contribution in [0.25, 0.3) is 10.9 Å². The fourth-order valence-corrected chi connectivity index (χ4v) is 2.77. The number of ketones is 1. The highest BCUT2D eigenvalue weighted by Crippen LogP contribution is 2.34. The Labute approximate surface area is 94.9 Å². The molecule has 2 aromatic rings. The minimum atomic E-state index is 0.412. The van der Waals surface area contributed by atoms with Gasteiger partial charge in [0.2, 0.25) is 0 Å². The van der Waals surface area contributed by atoms with E-state index in [0.29, 0.717) is 11.7 Å². The van der Waals surface area contributed by atoms with Gasteiger partial charge in [0.15, 0.2) is 0 Å². The quantitative estimate of drug-likeness (QED) is 0.713. The van der Waals surface area contributed by atoms with E-state index in [4.69, 9.17) is 0 Å². The largest absolute Gasteiger partial charge is 0.347 e. The van der Waals surface area contributed by atoms with Crippen LogP contribution in [0.3, 0.4) is 0 Å². The molecule has 0 saturated heterocycles. The van der Waals surface area contributed by atoms with Gasteiger partial charge in [-0.05, 0) is 23.9 Å². The van der Waals surface area contributed by atoms with Crippen LogP contribution < -0.4 is 0 Å². The van der Waals surface area contributed by atoms with Crippen molar-refractivity contribution in [2.75, 3.05) is 0 Å². The fraction of sp³-hybridized carbons (Fsp3) is 0.357. The molecule has 0 aliphatic heterocycles. The zero-order valence-electron chi connectivity index (χ0n) is 9.44. The topological polar surface area (TPSA) is 22.0 Å². The van der Waals surface area contributed by atoms with Gasteiger partial charge < -0.3 is 4.57 Å². The van der Waals surface area contributed by atoms with E-state index < -0.39 is 0 Å². The maximum Gasteiger partial charge on any atom is 0.133 e. The molecule has 3 rings (SSSR count). The molecule has 0 amide bonds. The van der Waals surface area contributed by atoms with Gasteiger partial charge in [-0.3, -0.25) is 4.79 Å². The fourth-order valence-electron chi connectivity index (χ4n) is 2.77. The highest BCUT2D eigenvalue weighted by Gasteiger charge is 2.25. The van der Waals surface area contributed by atoms with Crippen molar-refractivity contribution in [1.29, 1.82) is 0 Å². The van der Waals surface area contributed by atoms with E-state index >= 15 is 0 Å². The molecular formula is C14H15NO. The summed E-state index contributed by atoms with van der Waals surface area (Å²) in [4.78, 5) is 11.3. The maximum absolute atomic E-state index is 11.3. The Morgan fingerprint density at radius 3 is 2.81 bits per heavy atom. The predicted octanol–water partition coefficient (Wildman–Crippen LogP) is 3.01. The number of benzene rings is 1. The van der Waals surface area contributed by atoms with Crippen LogP contribution >= 0.6 is 0 Å². The van der Waals surface area contributed by atoms with E-state index in [-0.39, 0.29) is 0 Å². The third kappa shape index (κ3) is 1.37. The van der Waals surface area contributed by atoms with Crippen LogP contribution in [-0.4, -0.2) is 10.4 Å². The standard InChI is InChI=1S/C14H15NO/c1-15-13-5-3-2-4-10(13)9-14(15)11-6-7-12(16)8-11/h2-5,9,11H,6-8H2,1H3. The first-order valence-corrected chi connectivity index (χ1v) is 5.82. The van der Waals surface area contributed by atoms with Gasteiger partial charge in [-0.1, -0.05) is 18.2 Å². The zero-order valence-corrected chi connectivity index (χ0v) is 9.44. The molecule has 1 heterocycles. The lowest BCUT2D eigenvalue weighted by molar-refractivity contribution is -0.117. The first-order chi connectivity index (χ1) is 7.75. The van der Waals surface area contributed by atoms with Crippen LogP contribution in [0, 0.1) is 0 Å². The number of carbonyl (C=O) groups excluding carboxylic acids is 1. The number of rotatable bonds is 1. The smallest absolute Gasteiger partial charge is 0.133 e. The van der Waals surface area contributed by atoms with E-state index in [9.17, 15) is 4.79 Å². The summed E-state index contributed by atoms with van der Waals surface area (Å²) in [6.07, 6.45) is 2.50. The van der Waals surface area contributed by atoms with Gasteiger partial charge in [-0.25, -0.2) is 0 Å². The molecule has 1 aromatic heterocycles. The lowest BCUT2D eigenvalue weighted by atomic mass is 10.0. The molecule has 0 spiro atoms. The molecule has 2 nitrogen and oxygen atoms in total. The molecule has 1 aliphatic rings. The van der Waals surface area contributed by atoms with E-state index in [1.807, 2.05) is 0 Å². The van der Waals surface area contributed by atoms with Gasteiger partial charge in [-0.2, -0.15) is 0 Å². The van der Waals surface area contributed by atoms with Gasteiger partial charge >= 0.3 is 0 Å².